The van der Waals surface area contributed by atoms with Crippen LogP contribution in [0.15, 0.2) is 18.2 Å². The van der Waals surface area contributed by atoms with Gasteiger partial charge in [0.15, 0.2) is 5.82 Å². The maximum absolute atomic E-state index is 13.7. The third-order valence-corrected chi connectivity index (χ3v) is 3.11. The molecule has 0 spiro atoms. The largest absolute Gasteiger partial charge is 0.320 e. The number of aromatic nitrogens is 3. The van der Waals surface area contributed by atoms with E-state index in [0.29, 0.717) is 12.1 Å². The van der Waals surface area contributed by atoms with Crippen molar-refractivity contribution in [2.75, 3.05) is 6.54 Å². The fourth-order valence-electron chi connectivity index (χ4n) is 2.05. The highest BCUT2D eigenvalue weighted by molar-refractivity contribution is 5.38. The molecule has 2 N–H and O–H groups in total. The van der Waals surface area contributed by atoms with Gasteiger partial charge in [-0.3, -0.25) is 0 Å². The SMILES string of the molecule is CCc1nc(CC)n(Cc2ccc(F)c(C#CCN)c2)n1. The van der Waals surface area contributed by atoms with Gasteiger partial charge in [0.2, 0.25) is 0 Å². The van der Waals surface area contributed by atoms with Gasteiger partial charge in [-0.05, 0) is 17.7 Å². The molecule has 0 bridgehead atoms. The monoisotopic (exact) mass is 286 g/mol. The van der Waals surface area contributed by atoms with Crippen molar-refractivity contribution in [3.05, 3.63) is 46.8 Å². The summed E-state index contributed by atoms with van der Waals surface area (Å²) >= 11 is 0. The van der Waals surface area contributed by atoms with Crippen LogP contribution in [0.2, 0.25) is 0 Å². The quantitative estimate of drug-likeness (QED) is 0.873. The zero-order valence-corrected chi connectivity index (χ0v) is 12.4. The van der Waals surface area contributed by atoms with Gasteiger partial charge in [0.1, 0.15) is 11.6 Å². The van der Waals surface area contributed by atoms with E-state index in [9.17, 15) is 4.39 Å². The Bertz CT molecular complexity index is 679. The molecule has 0 saturated heterocycles. The third-order valence-electron chi connectivity index (χ3n) is 3.11. The van der Waals surface area contributed by atoms with Crippen molar-refractivity contribution in [1.82, 2.24) is 14.8 Å². The van der Waals surface area contributed by atoms with Crippen molar-refractivity contribution >= 4 is 0 Å². The highest BCUT2D eigenvalue weighted by atomic mass is 19.1. The van der Waals surface area contributed by atoms with Gasteiger partial charge in [-0.1, -0.05) is 31.8 Å². The van der Waals surface area contributed by atoms with E-state index in [-0.39, 0.29) is 12.4 Å². The molecule has 0 fully saturated rings. The van der Waals surface area contributed by atoms with E-state index in [2.05, 4.69) is 21.9 Å². The lowest BCUT2D eigenvalue weighted by atomic mass is 10.1. The number of nitrogens with two attached hydrogens (primary N) is 1. The van der Waals surface area contributed by atoms with Crippen LogP contribution in [-0.2, 0) is 19.4 Å². The topological polar surface area (TPSA) is 56.7 Å². The van der Waals surface area contributed by atoms with Gasteiger partial charge >= 0.3 is 0 Å². The lowest BCUT2D eigenvalue weighted by Crippen LogP contribution is -2.07. The molecule has 4 nitrogen and oxygen atoms in total. The minimum Gasteiger partial charge on any atom is -0.320 e. The summed E-state index contributed by atoms with van der Waals surface area (Å²) in [4.78, 5) is 4.47. The first kappa shape index (κ1) is 15.2. The van der Waals surface area contributed by atoms with E-state index in [4.69, 9.17) is 5.73 Å². The van der Waals surface area contributed by atoms with Crippen LogP contribution in [0.1, 0.15) is 36.6 Å². The fraction of sp³-hybridized carbons (Fsp3) is 0.375. The van der Waals surface area contributed by atoms with E-state index in [1.807, 2.05) is 18.5 Å². The molecule has 2 rings (SSSR count). The molecule has 1 aromatic carbocycles. The van der Waals surface area contributed by atoms with Crippen molar-refractivity contribution in [3.8, 4) is 11.8 Å². The molecule has 5 heteroatoms. The third kappa shape index (κ3) is 3.67. The summed E-state index contributed by atoms with van der Waals surface area (Å²) in [6.45, 7) is 4.85. The Balaban J connectivity index is 2.29. The summed E-state index contributed by atoms with van der Waals surface area (Å²) in [5.41, 5.74) is 6.64. The van der Waals surface area contributed by atoms with Gasteiger partial charge in [0.25, 0.3) is 0 Å². The number of halogens is 1. The summed E-state index contributed by atoms with van der Waals surface area (Å²) in [6, 6.07) is 4.92. The Morgan fingerprint density at radius 1 is 1.29 bits per heavy atom. The molecule has 0 aliphatic rings. The van der Waals surface area contributed by atoms with Crippen LogP contribution in [0.5, 0.6) is 0 Å². The maximum Gasteiger partial charge on any atom is 0.150 e. The summed E-state index contributed by atoms with van der Waals surface area (Å²) < 4.78 is 15.5. The standard InChI is InChI=1S/C16H19FN4/c1-3-15-19-16(4-2)21(20-15)11-12-7-8-14(17)13(10-12)6-5-9-18/h7-8,10H,3-4,9,11,18H2,1-2H3. The fourth-order valence-corrected chi connectivity index (χ4v) is 2.05. The molecule has 0 atom stereocenters. The van der Waals surface area contributed by atoms with Crippen LogP contribution in [0.4, 0.5) is 4.39 Å². The van der Waals surface area contributed by atoms with Gasteiger partial charge < -0.3 is 5.73 Å². The second-order valence-corrected chi connectivity index (χ2v) is 4.63. The molecule has 0 aliphatic carbocycles. The van der Waals surface area contributed by atoms with Gasteiger partial charge in [0.05, 0.1) is 18.7 Å². The summed E-state index contributed by atoms with van der Waals surface area (Å²) in [6.07, 6.45) is 1.62. The normalized spacial score (nSPS) is 10.3. The molecule has 0 radical (unpaired) electrons. The molecule has 1 heterocycles. The number of benzene rings is 1. The van der Waals surface area contributed by atoms with Crippen LogP contribution in [0.25, 0.3) is 0 Å². The van der Waals surface area contributed by atoms with E-state index in [0.717, 1.165) is 30.1 Å². The molecule has 0 aliphatic heterocycles. The lowest BCUT2D eigenvalue weighted by molar-refractivity contribution is 0.615. The first-order valence-corrected chi connectivity index (χ1v) is 7.07. The second kappa shape index (κ2) is 7.00. The van der Waals surface area contributed by atoms with E-state index < -0.39 is 0 Å². The molecule has 21 heavy (non-hydrogen) atoms. The van der Waals surface area contributed by atoms with Crippen molar-refractivity contribution in [2.24, 2.45) is 5.73 Å². The predicted molar refractivity (Wildman–Crippen MR) is 80.2 cm³/mol. The van der Waals surface area contributed by atoms with E-state index >= 15 is 0 Å². The van der Waals surface area contributed by atoms with Crippen LogP contribution >= 0.6 is 0 Å². The van der Waals surface area contributed by atoms with Gasteiger partial charge in [-0.2, -0.15) is 5.10 Å². The smallest absolute Gasteiger partial charge is 0.150 e. The number of hydrogen-bond donors (Lipinski definition) is 1. The average Bonchev–Trinajstić information content (AvgIpc) is 2.90. The maximum atomic E-state index is 13.7. The average molecular weight is 286 g/mol. The number of hydrogen-bond acceptors (Lipinski definition) is 3. The Morgan fingerprint density at radius 3 is 2.76 bits per heavy atom. The zero-order valence-electron chi connectivity index (χ0n) is 12.4. The molecule has 1 aromatic heterocycles. The minimum atomic E-state index is -0.330. The minimum absolute atomic E-state index is 0.215. The highest BCUT2D eigenvalue weighted by Gasteiger charge is 2.09. The zero-order chi connectivity index (χ0) is 15.2. The summed E-state index contributed by atoms with van der Waals surface area (Å²) in [5.74, 6) is 6.86. The highest BCUT2D eigenvalue weighted by Crippen LogP contribution is 2.12. The van der Waals surface area contributed by atoms with Crippen LogP contribution in [0, 0.1) is 17.7 Å². The molecule has 2 aromatic rings. The van der Waals surface area contributed by atoms with Gasteiger partial charge in [-0.25, -0.2) is 14.1 Å². The lowest BCUT2D eigenvalue weighted by Gasteiger charge is -2.06. The van der Waals surface area contributed by atoms with Gasteiger partial charge in [0, 0.05) is 12.8 Å². The first-order chi connectivity index (χ1) is 10.2. The molecular weight excluding hydrogens is 267 g/mol. The van der Waals surface area contributed by atoms with Gasteiger partial charge in [-0.15, -0.1) is 0 Å². The Hall–Kier alpha value is -2.19. The van der Waals surface area contributed by atoms with E-state index in [1.54, 1.807) is 12.1 Å². The Morgan fingerprint density at radius 2 is 2.10 bits per heavy atom. The predicted octanol–water partition coefficient (Wildman–Crippen LogP) is 1.90. The number of rotatable bonds is 4. The second-order valence-electron chi connectivity index (χ2n) is 4.63. The molecule has 110 valence electrons. The Labute approximate surface area is 124 Å². The van der Waals surface area contributed by atoms with Crippen molar-refractivity contribution in [3.63, 3.8) is 0 Å². The molecule has 0 unspecified atom stereocenters. The number of aryl methyl sites for hydroxylation is 2. The summed E-state index contributed by atoms with van der Waals surface area (Å²) in [7, 11) is 0. The molecular formula is C16H19FN4. The van der Waals surface area contributed by atoms with E-state index in [1.165, 1.54) is 6.07 Å². The molecule has 0 amide bonds. The van der Waals surface area contributed by atoms with Crippen molar-refractivity contribution in [1.29, 1.82) is 0 Å². The number of nitrogens with zero attached hydrogens (tertiary/aromatic N) is 3. The van der Waals surface area contributed by atoms with Crippen molar-refractivity contribution < 1.29 is 4.39 Å². The first-order valence-electron chi connectivity index (χ1n) is 7.07. The molecule has 0 saturated carbocycles. The van der Waals surface area contributed by atoms with Crippen LogP contribution < -0.4 is 5.73 Å². The summed E-state index contributed by atoms with van der Waals surface area (Å²) in [5, 5.41) is 4.46. The van der Waals surface area contributed by atoms with Crippen LogP contribution in [-0.4, -0.2) is 21.3 Å². The van der Waals surface area contributed by atoms with Crippen molar-refractivity contribution in [2.45, 2.75) is 33.2 Å². The Kier molecular flexibility index (Phi) is 5.07. The van der Waals surface area contributed by atoms with Crippen LogP contribution in [0.3, 0.4) is 0 Å².